The largest absolute Gasteiger partial charge is 0.497 e. The number of nitrogens with zero attached hydrogens (tertiary/aromatic N) is 1. The third-order valence-electron chi connectivity index (χ3n) is 4.32. The predicted molar refractivity (Wildman–Crippen MR) is 114 cm³/mol. The normalized spacial score (nSPS) is 12.2. The molecule has 0 aliphatic rings. The lowest BCUT2D eigenvalue weighted by Gasteiger charge is -2.22. The van der Waals surface area contributed by atoms with Gasteiger partial charge < -0.3 is 14.8 Å². The molecular weight excluding hydrogens is 430 g/mol. The summed E-state index contributed by atoms with van der Waals surface area (Å²) in [6.07, 6.45) is 1.22. The number of methoxy groups -OCH3 is 1. The summed E-state index contributed by atoms with van der Waals surface area (Å²) in [7, 11) is -2.16. The predicted octanol–water partition coefficient (Wildman–Crippen LogP) is 3.10. The fraction of sp³-hybridized carbons (Fsp3) is 0.381. The van der Waals surface area contributed by atoms with Crippen molar-refractivity contribution in [3.8, 4) is 11.5 Å². The van der Waals surface area contributed by atoms with E-state index in [4.69, 9.17) is 9.47 Å². The second-order valence-corrected chi connectivity index (χ2v) is 8.90. The Balaban J connectivity index is 1.82. The molecule has 0 bridgehead atoms. The van der Waals surface area contributed by atoms with E-state index in [9.17, 15) is 22.0 Å². The smallest absolute Gasteiger partial charge is 0.232 e. The molecule has 2 aromatic rings. The zero-order valence-electron chi connectivity index (χ0n) is 17.6. The Morgan fingerprint density at radius 3 is 2.32 bits per heavy atom. The summed E-state index contributed by atoms with van der Waals surface area (Å²) in [5.41, 5.74) is 0.00284. The van der Waals surface area contributed by atoms with Gasteiger partial charge in [-0.2, -0.15) is 0 Å². The number of amides is 1. The monoisotopic (exact) mass is 456 g/mol. The number of carbonyl (C=O) groups is 1. The van der Waals surface area contributed by atoms with Crippen molar-refractivity contribution in [1.82, 2.24) is 5.32 Å². The first-order valence-corrected chi connectivity index (χ1v) is 11.4. The molecule has 1 atom stereocenters. The Hall–Kier alpha value is -2.88. The van der Waals surface area contributed by atoms with Gasteiger partial charge in [-0.1, -0.05) is 0 Å². The molecule has 0 radical (unpaired) electrons. The third kappa shape index (κ3) is 7.71. The van der Waals surface area contributed by atoms with Crippen molar-refractivity contribution >= 4 is 21.6 Å². The molecule has 0 saturated heterocycles. The average Bonchev–Trinajstić information content (AvgIpc) is 2.71. The summed E-state index contributed by atoms with van der Waals surface area (Å²) >= 11 is 0. The van der Waals surface area contributed by atoms with Crippen LogP contribution in [0.5, 0.6) is 11.5 Å². The van der Waals surface area contributed by atoms with Crippen molar-refractivity contribution in [2.45, 2.75) is 25.8 Å². The summed E-state index contributed by atoms with van der Waals surface area (Å²) in [6, 6.07) is 9.62. The molecular formula is C21H26F2N2O5S. The summed E-state index contributed by atoms with van der Waals surface area (Å²) in [4.78, 5) is 12.2. The van der Waals surface area contributed by atoms with Crippen LogP contribution in [0.25, 0.3) is 0 Å². The van der Waals surface area contributed by atoms with E-state index < -0.39 is 21.7 Å². The highest BCUT2D eigenvalue weighted by Gasteiger charge is 2.19. The SMILES string of the molecule is COc1ccc(OCC(C)NC(=O)CCCN(c2ccc(F)c(F)c2)S(C)(=O)=O)cc1. The standard InChI is InChI=1S/C21H26F2N2O5S/c1-15(14-30-18-9-7-17(29-2)8-10-18)24-21(26)5-4-12-25(31(3,27)28)16-6-11-19(22)20(23)13-16/h6-11,13,15H,4-5,12,14H2,1-3H3,(H,24,26). The maximum absolute atomic E-state index is 13.5. The molecule has 1 unspecified atom stereocenters. The van der Waals surface area contributed by atoms with E-state index in [2.05, 4.69) is 5.32 Å². The Bertz CT molecular complexity index is 984. The van der Waals surface area contributed by atoms with E-state index in [1.165, 1.54) is 6.07 Å². The van der Waals surface area contributed by atoms with Gasteiger partial charge in [-0.15, -0.1) is 0 Å². The highest BCUT2D eigenvalue weighted by Crippen LogP contribution is 2.21. The molecule has 1 amide bonds. The molecule has 0 aromatic heterocycles. The number of sulfonamides is 1. The molecule has 2 rings (SSSR count). The molecule has 0 aliphatic heterocycles. The molecule has 0 aliphatic carbocycles. The fourth-order valence-corrected chi connectivity index (χ4v) is 3.75. The summed E-state index contributed by atoms with van der Waals surface area (Å²) in [6.45, 7) is 1.99. The number of benzene rings is 2. The molecule has 0 saturated carbocycles. The van der Waals surface area contributed by atoms with Crippen LogP contribution in [0.4, 0.5) is 14.5 Å². The molecule has 0 fully saturated rings. The topological polar surface area (TPSA) is 84.9 Å². The van der Waals surface area contributed by atoms with E-state index in [1.807, 2.05) is 0 Å². The lowest BCUT2D eigenvalue weighted by atomic mass is 10.2. The van der Waals surface area contributed by atoms with Crippen LogP contribution in [0, 0.1) is 11.6 Å². The molecule has 2 aromatic carbocycles. The number of hydrogen-bond donors (Lipinski definition) is 1. The van der Waals surface area contributed by atoms with Crippen LogP contribution in [0.2, 0.25) is 0 Å². The zero-order valence-corrected chi connectivity index (χ0v) is 18.4. The van der Waals surface area contributed by atoms with E-state index in [1.54, 1.807) is 38.3 Å². The van der Waals surface area contributed by atoms with Crippen LogP contribution in [0.1, 0.15) is 19.8 Å². The van der Waals surface area contributed by atoms with Crippen LogP contribution >= 0.6 is 0 Å². The maximum atomic E-state index is 13.5. The maximum Gasteiger partial charge on any atom is 0.232 e. The van der Waals surface area contributed by atoms with Crippen molar-refractivity contribution in [3.63, 3.8) is 0 Å². The van der Waals surface area contributed by atoms with Crippen molar-refractivity contribution in [2.75, 3.05) is 30.8 Å². The number of anilines is 1. The van der Waals surface area contributed by atoms with Gasteiger partial charge in [-0.25, -0.2) is 17.2 Å². The molecule has 7 nitrogen and oxygen atoms in total. The molecule has 1 N–H and O–H groups in total. The number of rotatable bonds is 11. The summed E-state index contributed by atoms with van der Waals surface area (Å²) in [5.74, 6) is -1.14. The van der Waals surface area contributed by atoms with Gasteiger partial charge in [0, 0.05) is 19.0 Å². The van der Waals surface area contributed by atoms with Gasteiger partial charge in [0.15, 0.2) is 11.6 Å². The lowest BCUT2D eigenvalue weighted by Crippen LogP contribution is -2.37. The quantitative estimate of drug-likeness (QED) is 0.562. The third-order valence-corrected chi connectivity index (χ3v) is 5.52. The van der Waals surface area contributed by atoms with E-state index in [0.717, 1.165) is 22.7 Å². The number of carbonyl (C=O) groups excluding carboxylic acids is 1. The number of ether oxygens (including phenoxy) is 2. The Morgan fingerprint density at radius 1 is 1.10 bits per heavy atom. The molecule has 0 spiro atoms. The van der Waals surface area contributed by atoms with E-state index in [0.29, 0.717) is 11.5 Å². The van der Waals surface area contributed by atoms with Crippen LogP contribution in [0.3, 0.4) is 0 Å². The highest BCUT2D eigenvalue weighted by molar-refractivity contribution is 7.92. The highest BCUT2D eigenvalue weighted by atomic mass is 32.2. The van der Waals surface area contributed by atoms with Crippen LogP contribution in [-0.4, -0.2) is 46.9 Å². The first-order valence-electron chi connectivity index (χ1n) is 9.59. The van der Waals surface area contributed by atoms with Gasteiger partial charge in [0.1, 0.15) is 18.1 Å². The Morgan fingerprint density at radius 2 is 1.74 bits per heavy atom. The van der Waals surface area contributed by atoms with Crippen LogP contribution in [0.15, 0.2) is 42.5 Å². The van der Waals surface area contributed by atoms with Gasteiger partial charge in [0.05, 0.1) is 25.1 Å². The molecule has 31 heavy (non-hydrogen) atoms. The van der Waals surface area contributed by atoms with Crippen LogP contribution < -0.4 is 19.1 Å². The lowest BCUT2D eigenvalue weighted by molar-refractivity contribution is -0.121. The van der Waals surface area contributed by atoms with E-state index >= 15 is 0 Å². The number of halogens is 2. The van der Waals surface area contributed by atoms with E-state index in [-0.39, 0.29) is 43.6 Å². The summed E-state index contributed by atoms with van der Waals surface area (Å²) < 4.78 is 62.3. The first kappa shape index (κ1) is 24.4. The zero-order chi connectivity index (χ0) is 23.0. The fourth-order valence-electron chi connectivity index (χ4n) is 2.79. The first-order chi connectivity index (χ1) is 14.6. The minimum absolute atomic E-state index is 0.00284. The second-order valence-electron chi connectivity index (χ2n) is 6.99. The minimum Gasteiger partial charge on any atom is -0.497 e. The van der Waals surface area contributed by atoms with Gasteiger partial charge in [-0.3, -0.25) is 9.10 Å². The number of hydrogen-bond acceptors (Lipinski definition) is 5. The Kier molecular flexibility index (Phi) is 8.61. The number of nitrogens with one attached hydrogen (secondary N) is 1. The molecule has 10 heteroatoms. The van der Waals surface area contributed by atoms with Crippen LogP contribution in [-0.2, 0) is 14.8 Å². The van der Waals surface area contributed by atoms with Crippen molar-refractivity contribution in [3.05, 3.63) is 54.1 Å². The minimum atomic E-state index is -3.73. The van der Waals surface area contributed by atoms with Crippen molar-refractivity contribution in [2.24, 2.45) is 0 Å². The second kappa shape index (κ2) is 10.9. The van der Waals surface area contributed by atoms with Crippen molar-refractivity contribution < 1.29 is 31.5 Å². The van der Waals surface area contributed by atoms with Gasteiger partial charge in [0.25, 0.3) is 0 Å². The van der Waals surface area contributed by atoms with Gasteiger partial charge in [0.2, 0.25) is 15.9 Å². The van der Waals surface area contributed by atoms with Gasteiger partial charge >= 0.3 is 0 Å². The summed E-state index contributed by atoms with van der Waals surface area (Å²) in [5, 5.41) is 2.78. The Labute approximate surface area is 181 Å². The van der Waals surface area contributed by atoms with Gasteiger partial charge in [-0.05, 0) is 49.7 Å². The van der Waals surface area contributed by atoms with Crippen molar-refractivity contribution in [1.29, 1.82) is 0 Å². The molecule has 0 heterocycles. The average molecular weight is 457 g/mol. The molecule has 170 valence electrons.